The summed E-state index contributed by atoms with van der Waals surface area (Å²) in [6, 6.07) is 1.92. The number of nitrogens with one attached hydrogen (secondary N) is 2. The summed E-state index contributed by atoms with van der Waals surface area (Å²) in [4.78, 5) is 11.9. The van der Waals surface area contributed by atoms with E-state index < -0.39 is 15.8 Å². The summed E-state index contributed by atoms with van der Waals surface area (Å²) in [5, 5.41) is 9.87. The summed E-state index contributed by atoms with van der Waals surface area (Å²) < 4.78 is 22.7. The lowest BCUT2D eigenvalue weighted by molar-refractivity contribution is -0.124. The van der Waals surface area contributed by atoms with E-state index in [0.29, 0.717) is 13.0 Å². The van der Waals surface area contributed by atoms with Gasteiger partial charge in [-0.3, -0.25) is 9.89 Å². The third-order valence-electron chi connectivity index (χ3n) is 3.46. The Morgan fingerprint density at radius 2 is 2.20 bits per heavy atom. The fraction of sp³-hybridized carbons (Fsp3) is 0.692. The van der Waals surface area contributed by atoms with Crippen molar-refractivity contribution in [3.05, 3.63) is 17.5 Å². The molecule has 20 heavy (non-hydrogen) atoms. The first-order valence-corrected chi connectivity index (χ1v) is 8.52. The number of rotatable bonds is 3. The fourth-order valence-corrected chi connectivity index (χ4v) is 3.91. The van der Waals surface area contributed by atoms with Gasteiger partial charge in [0, 0.05) is 5.41 Å². The van der Waals surface area contributed by atoms with Crippen LogP contribution in [0.3, 0.4) is 0 Å². The van der Waals surface area contributed by atoms with Crippen LogP contribution in [-0.2, 0) is 26.6 Å². The molecule has 0 bridgehead atoms. The van der Waals surface area contributed by atoms with Crippen molar-refractivity contribution in [3.63, 3.8) is 0 Å². The average molecular weight is 299 g/mol. The van der Waals surface area contributed by atoms with Crippen LogP contribution in [0.2, 0.25) is 0 Å². The standard InChI is InChI=1S/C13H21N3O3S/c1-13(2,3)11-6-10(15-16-11)7-14-12(17)9-4-5-20(18,19)8-9/h6,9H,4-5,7-8H2,1-3H3,(H,14,17)(H,15,16). The molecule has 1 aromatic rings. The molecule has 0 aromatic carbocycles. The summed E-state index contributed by atoms with van der Waals surface area (Å²) in [5.74, 6) is -0.527. The molecule has 2 rings (SSSR count). The summed E-state index contributed by atoms with van der Waals surface area (Å²) in [6.07, 6.45) is 0.421. The van der Waals surface area contributed by atoms with E-state index in [1.54, 1.807) is 0 Å². The normalized spacial score (nSPS) is 21.9. The molecule has 0 aliphatic carbocycles. The lowest BCUT2D eigenvalue weighted by Gasteiger charge is -2.13. The zero-order valence-corrected chi connectivity index (χ0v) is 12.9. The number of sulfone groups is 1. The Morgan fingerprint density at radius 3 is 2.70 bits per heavy atom. The van der Waals surface area contributed by atoms with E-state index in [9.17, 15) is 13.2 Å². The van der Waals surface area contributed by atoms with Crippen molar-refractivity contribution in [1.82, 2.24) is 15.5 Å². The molecule has 1 fully saturated rings. The minimum Gasteiger partial charge on any atom is -0.350 e. The van der Waals surface area contributed by atoms with E-state index in [-0.39, 0.29) is 22.8 Å². The Balaban J connectivity index is 1.90. The van der Waals surface area contributed by atoms with Crippen LogP contribution in [0.1, 0.15) is 38.6 Å². The number of carbonyl (C=O) groups excluding carboxylic acids is 1. The zero-order valence-electron chi connectivity index (χ0n) is 12.1. The van der Waals surface area contributed by atoms with Gasteiger partial charge in [0.2, 0.25) is 5.91 Å². The van der Waals surface area contributed by atoms with Gasteiger partial charge in [0.1, 0.15) is 0 Å². The van der Waals surface area contributed by atoms with Crippen molar-refractivity contribution in [2.45, 2.75) is 39.2 Å². The highest BCUT2D eigenvalue weighted by atomic mass is 32.2. The molecular weight excluding hydrogens is 278 g/mol. The molecule has 0 spiro atoms. The van der Waals surface area contributed by atoms with Gasteiger partial charge >= 0.3 is 0 Å². The Hall–Kier alpha value is -1.37. The highest BCUT2D eigenvalue weighted by molar-refractivity contribution is 7.91. The number of hydrogen-bond donors (Lipinski definition) is 2. The molecule has 1 atom stereocenters. The molecule has 1 saturated heterocycles. The number of carbonyl (C=O) groups is 1. The average Bonchev–Trinajstić information content (AvgIpc) is 2.91. The van der Waals surface area contributed by atoms with Gasteiger partial charge in [-0.1, -0.05) is 20.8 Å². The monoisotopic (exact) mass is 299 g/mol. The number of H-pyrrole nitrogens is 1. The van der Waals surface area contributed by atoms with Crippen molar-refractivity contribution in [3.8, 4) is 0 Å². The maximum atomic E-state index is 11.9. The molecule has 1 aliphatic heterocycles. The molecule has 0 radical (unpaired) electrons. The predicted octanol–water partition coefficient (Wildman–Crippen LogP) is 0.758. The second-order valence-electron chi connectivity index (χ2n) is 6.35. The minimum absolute atomic E-state index is 0.0327. The molecule has 112 valence electrons. The van der Waals surface area contributed by atoms with E-state index in [1.165, 1.54) is 0 Å². The summed E-state index contributed by atoms with van der Waals surface area (Å²) in [5.41, 5.74) is 1.72. The van der Waals surface area contributed by atoms with Crippen molar-refractivity contribution < 1.29 is 13.2 Å². The third kappa shape index (κ3) is 3.59. The molecule has 6 nitrogen and oxygen atoms in total. The Bertz CT molecular complexity index is 599. The maximum Gasteiger partial charge on any atom is 0.224 e. The van der Waals surface area contributed by atoms with E-state index >= 15 is 0 Å². The lowest BCUT2D eigenvalue weighted by Crippen LogP contribution is -2.31. The van der Waals surface area contributed by atoms with Gasteiger partial charge in [-0.05, 0) is 12.5 Å². The van der Waals surface area contributed by atoms with Gasteiger partial charge in [0.05, 0.1) is 35.4 Å². The highest BCUT2D eigenvalue weighted by Crippen LogP contribution is 2.21. The quantitative estimate of drug-likeness (QED) is 0.862. The summed E-state index contributed by atoms with van der Waals surface area (Å²) in [7, 11) is -3.02. The number of hydrogen-bond acceptors (Lipinski definition) is 4. The largest absolute Gasteiger partial charge is 0.350 e. The first kappa shape index (κ1) is 15.0. The zero-order chi connectivity index (χ0) is 15.0. The molecule has 7 heteroatoms. The number of aromatic nitrogens is 2. The second kappa shape index (κ2) is 5.20. The minimum atomic E-state index is -3.02. The first-order chi connectivity index (χ1) is 9.17. The SMILES string of the molecule is CC(C)(C)c1cc(CNC(=O)C2CCS(=O)(=O)C2)[nH]n1. The molecule has 0 saturated carbocycles. The second-order valence-corrected chi connectivity index (χ2v) is 8.57. The van der Waals surface area contributed by atoms with Crippen LogP contribution in [0.5, 0.6) is 0 Å². The lowest BCUT2D eigenvalue weighted by atomic mass is 9.92. The molecular formula is C13H21N3O3S. The van der Waals surface area contributed by atoms with E-state index in [1.807, 2.05) is 6.07 Å². The van der Waals surface area contributed by atoms with Crippen molar-refractivity contribution in [2.24, 2.45) is 5.92 Å². The van der Waals surface area contributed by atoms with Gasteiger partial charge in [-0.25, -0.2) is 8.42 Å². The van der Waals surface area contributed by atoms with Crippen LogP contribution in [0, 0.1) is 5.92 Å². The Morgan fingerprint density at radius 1 is 1.50 bits per heavy atom. The number of nitrogens with zero attached hydrogens (tertiary/aromatic N) is 1. The third-order valence-corrected chi connectivity index (χ3v) is 5.22. The Labute approximate surface area is 119 Å². The number of aromatic amines is 1. The van der Waals surface area contributed by atoms with E-state index in [2.05, 4.69) is 36.3 Å². The van der Waals surface area contributed by atoms with Gasteiger partial charge < -0.3 is 5.32 Å². The van der Waals surface area contributed by atoms with Crippen LogP contribution in [-0.4, -0.2) is 36.0 Å². The maximum absolute atomic E-state index is 11.9. The molecule has 2 N–H and O–H groups in total. The van der Waals surface area contributed by atoms with Gasteiger partial charge in [0.15, 0.2) is 9.84 Å². The van der Waals surface area contributed by atoms with Gasteiger partial charge in [-0.15, -0.1) is 0 Å². The van der Waals surface area contributed by atoms with Crippen LogP contribution >= 0.6 is 0 Å². The van der Waals surface area contributed by atoms with E-state index in [0.717, 1.165) is 11.4 Å². The van der Waals surface area contributed by atoms with Gasteiger partial charge in [-0.2, -0.15) is 5.10 Å². The van der Waals surface area contributed by atoms with Crippen LogP contribution in [0.15, 0.2) is 6.07 Å². The molecule has 2 heterocycles. The fourth-order valence-electron chi connectivity index (χ4n) is 2.16. The summed E-state index contributed by atoms with van der Waals surface area (Å²) >= 11 is 0. The van der Waals surface area contributed by atoms with Gasteiger partial charge in [0.25, 0.3) is 0 Å². The predicted molar refractivity (Wildman–Crippen MR) is 75.9 cm³/mol. The smallest absolute Gasteiger partial charge is 0.224 e. The summed E-state index contributed by atoms with van der Waals surface area (Å²) in [6.45, 7) is 6.54. The van der Waals surface area contributed by atoms with Crippen LogP contribution in [0.4, 0.5) is 0 Å². The topological polar surface area (TPSA) is 91.9 Å². The van der Waals surface area contributed by atoms with Crippen molar-refractivity contribution >= 4 is 15.7 Å². The molecule has 1 amide bonds. The Kier molecular flexibility index (Phi) is 3.90. The molecule has 1 aromatic heterocycles. The van der Waals surface area contributed by atoms with Crippen molar-refractivity contribution in [1.29, 1.82) is 0 Å². The van der Waals surface area contributed by atoms with E-state index in [4.69, 9.17) is 0 Å². The number of amides is 1. The molecule has 1 aliphatic rings. The van der Waals surface area contributed by atoms with Crippen LogP contribution < -0.4 is 5.32 Å². The first-order valence-electron chi connectivity index (χ1n) is 6.70. The van der Waals surface area contributed by atoms with Crippen LogP contribution in [0.25, 0.3) is 0 Å². The van der Waals surface area contributed by atoms with Crippen molar-refractivity contribution in [2.75, 3.05) is 11.5 Å². The molecule has 1 unspecified atom stereocenters. The highest BCUT2D eigenvalue weighted by Gasteiger charge is 2.32.